The van der Waals surface area contributed by atoms with E-state index in [2.05, 4.69) is 46.0 Å². The molecule has 4 aromatic rings. The molecular weight excluding hydrogens is 533 g/mol. The number of nitrogens with one attached hydrogen (secondary N) is 2. The Balaban J connectivity index is 1.55. The number of rotatable bonds is 9. The maximum atomic E-state index is 12.7. The molecule has 4 rings (SSSR count). The summed E-state index contributed by atoms with van der Waals surface area (Å²) in [5.74, 6) is 2.26. The van der Waals surface area contributed by atoms with Gasteiger partial charge in [0.25, 0.3) is 0 Å². The van der Waals surface area contributed by atoms with E-state index in [0.717, 1.165) is 5.56 Å². The predicted octanol–water partition coefficient (Wildman–Crippen LogP) is 6.51. The fourth-order valence-electron chi connectivity index (χ4n) is 3.58. The van der Waals surface area contributed by atoms with E-state index in [4.69, 9.17) is 32.7 Å². The first kappa shape index (κ1) is 26.7. The van der Waals surface area contributed by atoms with Gasteiger partial charge < -0.3 is 20.1 Å². The lowest BCUT2D eigenvalue weighted by Crippen LogP contribution is -2.29. The highest BCUT2D eigenvalue weighted by Crippen LogP contribution is 2.31. The third-order valence-corrected chi connectivity index (χ3v) is 6.92. The first-order chi connectivity index (χ1) is 17.9. The number of urea groups is 1. The van der Waals surface area contributed by atoms with E-state index in [1.54, 1.807) is 43.5 Å². The van der Waals surface area contributed by atoms with Crippen molar-refractivity contribution in [3.63, 3.8) is 0 Å². The number of halogens is 2. The number of hydrogen-bond donors (Lipinski definition) is 2. The van der Waals surface area contributed by atoms with Crippen LogP contribution in [0.4, 0.5) is 10.5 Å². The predicted molar refractivity (Wildman–Crippen MR) is 148 cm³/mol. The van der Waals surface area contributed by atoms with Gasteiger partial charge in [0.2, 0.25) is 0 Å². The topological polar surface area (TPSA) is 90.3 Å². The zero-order valence-electron chi connectivity index (χ0n) is 20.4. The highest BCUT2D eigenvalue weighted by atomic mass is 35.5. The Morgan fingerprint density at radius 1 is 1.03 bits per heavy atom. The van der Waals surface area contributed by atoms with Crippen molar-refractivity contribution in [3.8, 4) is 17.2 Å². The molecule has 0 aliphatic rings. The molecule has 0 atom stereocenters. The number of nitrogens with zero attached hydrogens (tertiary/aromatic N) is 3. The van der Waals surface area contributed by atoms with Gasteiger partial charge in [0, 0.05) is 16.8 Å². The molecule has 0 spiro atoms. The Hall–Kier alpha value is -3.40. The van der Waals surface area contributed by atoms with Crippen LogP contribution in [0.5, 0.6) is 11.5 Å². The third-order valence-electron chi connectivity index (χ3n) is 5.36. The quantitative estimate of drug-likeness (QED) is 0.228. The van der Waals surface area contributed by atoms with E-state index in [-0.39, 0.29) is 6.54 Å². The summed E-state index contributed by atoms with van der Waals surface area (Å²) in [7, 11) is 3.08. The molecule has 0 aliphatic heterocycles. The van der Waals surface area contributed by atoms with Crippen LogP contribution in [0.25, 0.3) is 5.69 Å². The lowest BCUT2D eigenvalue weighted by molar-refractivity contribution is 0.251. The molecular formula is C26H25Cl2N5O3S. The number of carbonyl (C=O) groups is 1. The van der Waals surface area contributed by atoms with Crippen molar-refractivity contribution in [1.29, 1.82) is 0 Å². The number of thioether (sulfide) groups is 1. The van der Waals surface area contributed by atoms with Gasteiger partial charge in [-0.1, -0.05) is 64.8 Å². The summed E-state index contributed by atoms with van der Waals surface area (Å²) in [6.45, 7) is 2.14. The van der Waals surface area contributed by atoms with E-state index >= 15 is 0 Å². The van der Waals surface area contributed by atoms with Crippen molar-refractivity contribution >= 4 is 46.7 Å². The van der Waals surface area contributed by atoms with Crippen molar-refractivity contribution in [3.05, 3.63) is 87.7 Å². The molecule has 0 bridgehead atoms. The second kappa shape index (κ2) is 12.2. The molecule has 2 N–H and O–H groups in total. The van der Waals surface area contributed by atoms with E-state index < -0.39 is 6.03 Å². The molecule has 0 unspecified atom stereocenters. The summed E-state index contributed by atoms with van der Waals surface area (Å²) in [6, 6.07) is 18.1. The van der Waals surface area contributed by atoms with E-state index in [0.29, 0.717) is 49.7 Å². The molecule has 0 radical (unpaired) electrons. The van der Waals surface area contributed by atoms with Gasteiger partial charge in [-0.15, -0.1) is 10.2 Å². The zero-order chi connectivity index (χ0) is 26.4. The number of hydrogen-bond acceptors (Lipinski definition) is 6. The maximum absolute atomic E-state index is 12.7. The lowest BCUT2D eigenvalue weighted by Gasteiger charge is -2.14. The molecule has 8 nitrogen and oxygen atoms in total. The number of aromatic nitrogens is 3. The summed E-state index contributed by atoms with van der Waals surface area (Å²) < 4.78 is 12.4. The molecule has 0 fully saturated rings. The summed E-state index contributed by atoms with van der Waals surface area (Å²) in [5.41, 5.74) is 3.46. The van der Waals surface area contributed by atoms with Crippen LogP contribution in [0.1, 0.15) is 17.0 Å². The first-order valence-electron chi connectivity index (χ1n) is 11.2. The minimum atomic E-state index is -0.441. The molecule has 0 aliphatic carbocycles. The molecule has 11 heteroatoms. The molecule has 37 heavy (non-hydrogen) atoms. The third kappa shape index (κ3) is 6.68. The Labute approximate surface area is 229 Å². The zero-order valence-corrected chi connectivity index (χ0v) is 22.7. The first-order valence-corrected chi connectivity index (χ1v) is 13.0. The summed E-state index contributed by atoms with van der Waals surface area (Å²) in [5, 5.41) is 15.9. The highest BCUT2D eigenvalue weighted by Gasteiger charge is 2.18. The van der Waals surface area contributed by atoms with Gasteiger partial charge in [-0.05, 0) is 42.8 Å². The second-order valence-electron chi connectivity index (χ2n) is 7.98. The largest absolute Gasteiger partial charge is 0.497 e. The van der Waals surface area contributed by atoms with Gasteiger partial charge in [0.1, 0.15) is 11.5 Å². The Morgan fingerprint density at radius 3 is 2.62 bits per heavy atom. The average Bonchev–Trinajstić information content (AvgIpc) is 3.30. The lowest BCUT2D eigenvalue weighted by atomic mass is 10.2. The SMILES string of the molecule is COc1ccc(NC(=O)NCc2nnc(SCc3cccc(C)c3)n2-c2cc(Cl)ccc2Cl)c(OC)c1. The Morgan fingerprint density at radius 2 is 1.86 bits per heavy atom. The minimum Gasteiger partial charge on any atom is -0.497 e. The molecule has 0 saturated carbocycles. The van der Waals surface area contributed by atoms with Crippen molar-refractivity contribution in [2.45, 2.75) is 24.4 Å². The van der Waals surface area contributed by atoms with Crippen LogP contribution in [-0.4, -0.2) is 35.0 Å². The van der Waals surface area contributed by atoms with Gasteiger partial charge in [0.05, 0.1) is 37.2 Å². The van der Waals surface area contributed by atoms with Crippen molar-refractivity contribution in [1.82, 2.24) is 20.1 Å². The van der Waals surface area contributed by atoms with Crippen molar-refractivity contribution in [2.75, 3.05) is 19.5 Å². The fraction of sp³-hybridized carbons (Fsp3) is 0.192. The van der Waals surface area contributed by atoms with Gasteiger partial charge in [-0.3, -0.25) is 4.57 Å². The number of carbonyl (C=O) groups excluding carboxylic acids is 1. The van der Waals surface area contributed by atoms with Gasteiger partial charge in [-0.25, -0.2) is 4.79 Å². The van der Waals surface area contributed by atoms with Gasteiger partial charge >= 0.3 is 6.03 Å². The number of methoxy groups -OCH3 is 2. The van der Waals surface area contributed by atoms with E-state index in [9.17, 15) is 4.79 Å². The standard InChI is InChI=1S/C26H25Cl2N5O3S/c1-16-5-4-6-17(11-16)15-37-26-32-31-24(33(26)22-12-18(27)7-9-20(22)28)14-29-25(34)30-21-10-8-19(35-2)13-23(21)36-3/h4-13H,14-15H2,1-3H3,(H2,29,30,34). The van der Waals surface area contributed by atoms with Crippen LogP contribution >= 0.6 is 35.0 Å². The number of anilines is 1. The molecule has 3 aromatic carbocycles. The van der Waals surface area contributed by atoms with Crippen molar-refractivity contribution < 1.29 is 14.3 Å². The van der Waals surface area contributed by atoms with Crippen LogP contribution < -0.4 is 20.1 Å². The van der Waals surface area contributed by atoms with Crippen LogP contribution in [0.2, 0.25) is 10.0 Å². The molecule has 0 saturated heterocycles. The summed E-state index contributed by atoms with van der Waals surface area (Å²) in [6.07, 6.45) is 0. The number of ether oxygens (including phenoxy) is 2. The average molecular weight is 558 g/mol. The van der Waals surface area contributed by atoms with E-state index in [1.165, 1.54) is 24.4 Å². The normalized spacial score (nSPS) is 10.7. The van der Waals surface area contributed by atoms with Crippen LogP contribution in [0.15, 0.2) is 65.8 Å². The molecule has 2 amide bonds. The van der Waals surface area contributed by atoms with Crippen LogP contribution in [-0.2, 0) is 12.3 Å². The maximum Gasteiger partial charge on any atom is 0.319 e. The van der Waals surface area contributed by atoms with Gasteiger partial charge in [0.15, 0.2) is 11.0 Å². The van der Waals surface area contributed by atoms with Gasteiger partial charge in [-0.2, -0.15) is 0 Å². The molecule has 1 aromatic heterocycles. The smallest absolute Gasteiger partial charge is 0.319 e. The van der Waals surface area contributed by atoms with Crippen LogP contribution in [0, 0.1) is 6.92 Å². The monoisotopic (exact) mass is 557 g/mol. The van der Waals surface area contributed by atoms with E-state index in [1.807, 2.05) is 10.6 Å². The second-order valence-corrected chi connectivity index (χ2v) is 9.77. The molecule has 1 heterocycles. The number of aryl methyl sites for hydroxylation is 1. The Kier molecular flexibility index (Phi) is 8.81. The number of amides is 2. The summed E-state index contributed by atoms with van der Waals surface area (Å²) >= 11 is 14.3. The highest BCUT2D eigenvalue weighted by molar-refractivity contribution is 7.98. The summed E-state index contributed by atoms with van der Waals surface area (Å²) in [4.78, 5) is 12.7. The van der Waals surface area contributed by atoms with Crippen molar-refractivity contribution in [2.24, 2.45) is 0 Å². The number of benzene rings is 3. The Bertz CT molecular complexity index is 1410. The minimum absolute atomic E-state index is 0.0884. The van der Waals surface area contributed by atoms with Crippen LogP contribution in [0.3, 0.4) is 0 Å². The molecule has 192 valence electrons. The fourth-order valence-corrected chi connectivity index (χ4v) is 4.86.